The lowest BCUT2D eigenvalue weighted by Gasteiger charge is -2.33. The first-order valence-corrected chi connectivity index (χ1v) is 12.4. The first-order chi connectivity index (χ1) is 18.2. The number of rotatable bonds is 10. The van der Waals surface area contributed by atoms with Crippen LogP contribution in [-0.2, 0) is 16.1 Å². The molecule has 10 nitrogen and oxygen atoms in total. The number of hydrogen-bond donors (Lipinski definition) is 1. The fourth-order valence-corrected chi connectivity index (χ4v) is 4.11. The van der Waals surface area contributed by atoms with E-state index in [1.54, 1.807) is 37.3 Å². The van der Waals surface area contributed by atoms with Crippen LogP contribution in [0.2, 0.25) is 0 Å². The summed E-state index contributed by atoms with van der Waals surface area (Å²) in [4.78, 5) is 29.4. The van der Waals surface area contributed by atoms with E-state index in [0.29, 0.717) is 46.2 Å². The number of aromatic nitrogens is 3. The average Bonchev–Trinajstić information content (AvgIpc) is 3.52. The van der Waals surface area contributed by atoms with Gasteiger partial charge in [0, 0.05) is 17.3 Å². The Morgan fingerprint density at radius 2 is 1.82 bits per heavy atom. The van der Waals surface area contributed by atoms with Crippen molar-refractivity contribution in [2.24, 2.45) is 0 Å². The molecule has 0 saturated heterocycles. The minimum Gasteiger partial charge on any atom is -0.493 e. The molecule has 10 heteroatoms. The second-order valence-electron chi connectivity index (χ2n) is 9.62. The highest BCUT2D eigenvalue weighted by Gasteiger charge is 2.37. The lowest BCUT2D eigenvalue weighted by atomic mass is 10.0. The summed E-state index contributed by atoms with van der Waals surface area (Å²) in [5.74, 6) is 1.09. The third-order valence-corrected chi connectivity index (χ3v) is 6.50. The Labute approximate surface area is 221 Å². The Morgan fingerprint density at radius 3 is 2.47 bits per heavy atom. The first-order valence-electron chi connectivity index (χ1n) is 12.4. The van der Waals surface area contributed by atoms with E-state index in [9.17, 15) is 9.59 Å². The quantitative estimate of drug-likeness (QED) is 0.330. The predicted octanol–water partition coefficient (Wildman–Crippen LogP) is 4.43. The van der Waals surface area contributed by atoms with E-state index in [1.807, 2.05) is 45.0 Å². The number of nitrogens with one attached hydrogen (secondary N) is 1. The highest BCUT2D eigenvalue weighted by atomic mass is 16.5. The van der Waals surface area contributed by atoms with Gasteiger partial charge in [-0.2, -0.15) is 0 Å². The number of nitrogens with zero attached hydrogens (tertiary/aromatic N) is 4. The lowest BCUT2D eigenvalue weighted by molar-refractivity contribution is -0.128. The maximum atomic E-state index is 14.1. The van der Waals surface area contributed by atoms with Crippen molar-refractivity contribution in [1.29, 1.82) is 0 Å². The van der Waals surface area contributed by atoms with E-state index < -0.39 is 17.5 Å². The van der Waals surface area contributed by atoms with Crippen LogP contribution in [0.1, 0.15) is 44.8 Å². The summed E-state index contributed by atoms with van der Waals surface area (Å²) in [5, 5.41) is 11.4. The smallest absolute Gasteiger partial charge is 0.251 e. The van der Waals surface area contributed by atoms with Crippen LogP contribution >= 0.6 is 0 Å². The van der Waals surface area contributed by atoms with Crippen molar-refractivity contribution in [3.8, 4) is 11.5 Å². The molecule has 38 heavy (non-hydrogen) atoms. The minimum absolute atomic E-state index is 0.157. The summed E-state index contributed by atoms with van der Waals surface area (Å²) in [6.45, 7) is 7.48. The molecule has 0 radical (unpaired) electrons. The van der Waals surface area contributed by atoms with Gasteiger partial charge in [-0.3, -0.25) is 14.5 Å². The molecule has 0 aliphatic rings. The van der Waals surface area contributed by atoms with Gasteiger partial charge in [0.25, 0.3) is 5.91 Å². The molecule has 2 amide bonds. The van der Waals surface area contributed by atoms with Gasteiger partial charge in [-0.1, -0.05) is 24.3 Å². The zero-order chi connectivity index (χ0) is 27.4. The van der Waals surface area contributed by atoms with Crippen LogP contribution in [0.15, 0.2) is 59.0 Å². The number of para-hydroxylation sites is 1. The number of ether oxygens (including phenoxy) is 2. The average molecular weight is 520 g/mol. The summed E-state index contributed by atoms with van der Waals surface area (Å²) >= 11 is 0. The van der Waals surface area contributed by atoms with E-state index >= 15 is 0 Å². The summed E-state index contributed by atoms with van der Waals surface area (Å²) in [6.07, 6.45) is 0.692. The molecule has 0 bridgehead atoms. The Bertz CT molecular complexity index is 1440. The fourth-order valence-electron chi connectivity index (χ4n) is 4.11. The van der Waals surface area contributed by atoms with E-state index in [1.165, 1.54) is 23.8 Å². The Balaban J connectivity index is 1.85. The zero-order valence-electron chi connectivity index (χ0n) is 22.5. The molecular weight excluding hydrogens is 486 g/mol. The number of carbonyl (C=O) groups excluding carboxylic acids is 2. The van der Waals surface area contributed by atoms with Gasteiger partial charge in [0.05, 0.1) is 19.7 Å². The zero-order valence-corrected chi connectivity index (χ0v) is 22.5. The minimum atomic E-state index is -1.10. The van der Waals surface area contributed by atoms with E-state index in [-0.39, 0.29) is 12.5 Å². The Morgan fingerprint density at radius 1 is 1.08 bits per heavy atom. The number of carbonyl (C=O) groups is 2. The van der Waals surface area contributed by atoms with Gasteiger partial charge < -0.3 is 19.2 Å². The number of anilines is 1. The molecule has 0 spiro atoms. The Kier molecular flexibility index (Phi) is 7.70. The Hall–Kier alpha value is -4.34. The van der Waals surface area contributed by atoms with Gasteiger partial charge in [-0.15, -0.1) is 5.10 Å². The molecule has 0 unspecified atom stereocenters. The van der Waals surface area contributed by atoms with Gasteiger partial charge in [0.15, 0.2) is 17.5 Å². The van der Waals surface area contributed by atoms with Crippen molar-refractivity contribution >= 4 is 28.5 Å². The topological polar surface area (TPSA) is 112 Å². The monoisotopic (exact) mass is 519 g/mol. The number of aryl methyl sites for hydroxylation is 1. The van der Waals surface area contributed by atoms with Crippen LogP contribution in [0.5, 0.6) is 11.5 Å². The second kappa shape index (κ2) is 11.0. The molecule has 0 saturated carbocycles. The number of benzene rings is 2. The molecule has 2 aromatic heterocycles. The highest BCUT2D eigenvalue weighted by Crippen LogP contribution is 2.36. The van der Waals surface area contributed by atoms with Crippen molar-refractivity contribution in [3.05, 3.63) is 66.1 Å². The molecule has 4 rings (SSSR count). The largest absolute Gasteiger partial charge is 0.493 e. The van der Waals surface area contributed by atoms with Crippen molar-refractivity contribution in [2.75, 3.05) is 19.1 Å². The van der Waals surface area contributed by atoms with Crippen LogP contribution in [0.3, 0.4) is 0 Å². The predicted molar refractivity (Wildman–Crippen MR) is 143 cm³/mol. The van der Waals surface area contributed by atoms with Crippen molar-refractivity contribution in [1.82, 2.24) is 20.3 Å². The summed E-state index contributed by atoms with van der Waals surface area (Å²) in [6, 6.07) is 14.8. The van der Waals surface area contributed by atoms with Crippen LogP contribution in [-0.4, -0.2) is 46.6 Å². The standard InChI is InChI=1S/C28H33N5O5/c1-7-28(3,4)29-27(35)26(23-14-12-18(2)38-23)33(19-13-15-22(36-5)24(16-19)37-6)25(34)17-32-21-11-9-8-10-20(21)30-31-32/h8-16,26H,7,17H2,1-6H3,(H,29,35)/t26-/m1/s1. The van der Waals surface area contributed by atoms with Gasteiger partial charge in [-0.05, 0) is 63.6 Å². The summed E-state index contributed by atoms with van der Waals surface area (Å²) in [7, 11) is 3.05. The number of furan rings is 1. The van der Waals surface area contributed by atoms with Crippen LogP contribution in [0.4, 0.5) is 5.69 Å². The maximum Gasteiger partial charge on any atom is 0.251 e. The number of hydrogen-bond acceptors (Lipinski definition) is 7. The third-order valence-electron chi connectivity index (χ3n) is 6.50. The molecule has 1 N–H and O–H groups in total. The van der Waals surface area contributed by atoms with Crippen LogP contribution < -0.4 is 19.7 Å². The molecule has 2 aromatic carbocycles. The molecule has 1 atom stereocenters. The molecular formula is C28H33N5O5. The second-order valence-corrected chi connectivity index (χ2v) is 9.62. The molecule has 0 aliphatic carbocycles. The third kappa shape index (κ3) is 5.49. The SMILES string of the molecule is CCC(C)(C)NC(=O)[C@@H](c1ccc(C)o1)N(C(=O)Cn1nnc2ccccc21)c1ccc(OC)c(OC)c1. The van der Waals surface area contributed by atoms with Crippen molar-refractivity contribution in [2.45, 2.75) is 52.2 Å². The number of amides is 2. The van der Waals surface area contributed by atoms with Crippen molar-refractivity contribution < 1.29 is 23.5 Å². The van der Waals surface area contributed by atoms with Gasteiger partial charge >= 0.3 is 0 Å². The van der Waals surface area contributed by atoms with Crippen molar-refractivity contribution in [3.63, 3.8) is 0 Å². The normalized spacial score (nSPS) is 12.3. The number of methoxy groups -OCH3 is 2. The number of fused-ring (bicyclic) bond motifs is 1. The van der Waals surface area contributed by atoms with Gasteiger partial charge in [-0.25, -0.2) is 4.68 Å². The van der Waals surface area contributed by atoms with E-state index in [4.69, 9.17) is 13.9 Å². The molecule has 200 valence electrons. The maximum absolute atomic E-state index is 14.1. The summed E-state index contributed by atoms with van der Waals surface area (Å²) in [5.41, 5.74) is 1.29. The lowest BCUT2D eigenvalue weighted by Crippen LogP contribution is -2.51. The first kappa shape index (κ1) is 26.7. The highest BCUT2D eigenvalue weighted by molar-refractivity contribution is 6.01. The molecule has 2 heterocycles. The fraction of sp³-hybridized carbons (Fsp3) is 0.357. The van der Waals surface area contributed by atoms with E-state index in [0.717, 1.165) is 0 Å². The van der Waals surface area contributed by atoms with Gasteiger partial charge in [0.2, 0.25) is 5.91 Å². The molecule has 0 fully saturated rings. The van der Waals surface area contributed by atoms with E-state index in [2.05, 4.69) is 15.6 Å². The van der Waals surface area contributed by atoms with Gasteiger partial charge in [0.1, 0.15) is 23.6 Å². The van der Waals surface area contributed by atoms with Crippen LogP contribution in [0, 0.1) is 6.92 Å². The van der Waals surface area contributed by atoms with Crippen LogP contribution in [0.25, 0.3) is 11.0 Å². The molecule has 0 aliphatic heterocycles. The summed E-state index contributed by atoms with van der Waals surface area (Å²) < 4.78 is 18.3. The molecule has 4 aromatic rings.